The highest BCUT2D eigenvalue weighted by Gasteiger charge is 2.00. The molecule has 10 heavy (non-hydrogen) atoms. The summed E-state index contributed by atoms with van der Waals surface area (Å²) >= 11 is 0. The third-order valence-corrected chi connectivity index (χ3v) is 1.52. The number of rotatable bonds is 4. The number of hydrogen-bond donors (Lipinski definition) is 0. The van der Waals surface area contributed by atoms with Crippen molar-refractivity contribution < 1.29 is 4.74 Å². The minimum atomic E-state index is 0.256. The molecule has 0 unspecified atom stereocenters. The molecule has 0 saturated carbocycles. The molecule has 0 amide bonds. The molecule has 0 radical (unpaired) electrons. The standard InChI is InChI=1S/C9H14O/c1-2-3-8-10-9-6-4-5-7-9/h4-7,9H,2-3,8H2,1H3. The molecule has 0 aliphatic heterocycles. The minimum Gasteiger partial charge on any atom is -0.370 e. The molecule has 0 aromatic carbocycles. The Labute approximate surface area is 62.4 Å². The van der Waals surface area contributed by atoms with E-state index in [-0.39, 0.29) is 6.10 Å². The van der Waals surface area contributed by atoms with Crippen LogP contribution in [0.25, 0.3) is 0 Å². The molecule has 1 aliphatic rings. The maximum atomic E-state index is 5.47. The summed E-state index contributed by atoms with van der Waals surface area (Å²) in [6, 6.07) is 0. The van der Waals surface area contributed by atoms with Gasteiger partial charge in [-0.15, -0.1) is 0 Å². The zero-order chi connectivity index (χ0) is 7.23. The van der Waals surface area contributed by atoms with E-state index in [9.17, 15) is 0 Å². The number of ether oxygens (including phenoxy) is 1. The SMILES string of the molecule is CCCCOC1C=CC=C1. The Morgan fingerprint density at radius 1 is 1.30 bits per heavy atom. The topological polar surface area (TPSA) is 9.23 Å². The highest BCUT2D eigenvalue weighted by atomic mass is 16.5. The van der Waals surface area contributed by atoms with Crippen LogP contribution in [-0.2, 0) is 4.74 Å². The summed E-state index contributed by atoms with van der Waals surface area (Å²) in [5.74, 6) is 0. The molecule has 0 heterocycles. The van der Waals surface area contributed by atoms with Gasteiger partial charge in [0, 0.05) is 6.61 Å². The van der Waals surface area contributed by atoms with E-state index in [0.717, 1.165) is 13.0 Å². The van der Waals surface area contributed by atoms with Crippen LogP contribution >= 0.6 is 0 Å². The van der Waals surface area contributed by atoms with Gasteiger partial charge in [0.05, 0.1) is 6.10 Å². The first-order chi connectivity index (χ1) is 4.93. The Balaban J connectivity index is 2.03. The molecule has 1 aliphatic carbocycles. The summed E-state index contributed by atoms with van der Waals surface area (Å²) in [5, 5.41) is 0. The third-order valence-electron chi connectivity index (χ3n) is 1.52. The first-order valence-electron chi connectivity index (χ1n) is 3.90. The van der Waals surface area contributed by atoms with Gasteiger partial charge in [0.25, 0.3) is 0 Å². The molecule has 56 valence electrons. The van der Waals surface area contributed by atoms with E-state index in [2.05, 4.69) is 19.1 Å². The number of unbranched alkanes of at least 4 members (excludes halogenated alkanes) is 1. The lowest BCUT2D eigenvalue weighted by Crippen LogP contribution is -2.04. The Kier molecular flexibility index (Phi) is 3.23. The molecule has 0 saturated heterocycles. The summed E-state index contributed by atoms with van der Waals surface area (Å²) in [6.07, 6.45) is 10.8. The van der Waals surface area contributed by atoms with Gasteiger partial charge in [-0.2, -0.15) is 0 Å². The summed E-state index contributed by atoms with van der Waals surface area (Å²) in [4.78, 5) is 0. The normalized spacial score (nSPS) is 16.9. The predicted molar refractivity (Wildman–Crippen MR) is 42.9 cm³/mol. The minimum absolute atomic E-state index is 0.256. The maximum absolute atomic E-state index is 5.47. The summed E-state index contributed by atoms with van der Waals surface area (Å²) in [7, 11) is 0. The van der Waals surface area contributed by atoms with Gasteiger partial charge in [-0.25, -0.2) is 0 Å². The fraction of sp³-hybridized carbons (Fsp3) is 0.556. The second kappa shape index (κ2) is 4.29. The van der Waals surface area contributed by atoms with Crippen molar-refractivity contribution in [2.75, 3.05) is 6.61 Å². The van der Waals surface area contributed by atoms with Crippen LogP contribution in [0.1, 0.15) is 19.8 Å². The van der Waals surface area contributed by atoms with Crippen molar-refractivity contribution in [3.8, 4) is 0 Å². The molecule has 0 fully saturated rings. The third kappa shape index (κ3) is 2.36. The van der Waals surface area contributed by atoms with E-state index in [4.69, 9.17) is 4.74 Å². The van der Waals surface area contributed by atoms with Gasteiger partial charge in [0.2, 0.25) is 0 Å². The Morgan fingerprint density at radius 3 is 2.60 bits per heavy atom. The Morgan fingerprint density at radius 2 is 2.00 bits per heavy atom. The smallest absolute Gasteiger partial charge is 0.0943 e. The molecule has 0 atom stereocenters. The first-order valence-corrected chi connectivity index (χ1v) is 3.90. The first kappa shape index (κ1) is 7.55. The maximum Gasteiger partial charge on any atom is 0.0943 e. The van der Waals surface area contributed by atoms with E-state index in [1.165, 1.54) is 6.42 Å². The van der Waals surface area contributed by atoms with E-state index in [1.54, 1.807) is 0 Å². The molecular formula is C9H14O. The lowest BCUT2D eigenvalue weighted by atomic mass is 10.3. The fourth-order valence-electron chi connectivity index (χ4n) is 0.886. The molecule has 0 bridgehead atoms. The largest absolute Gasteiger partial charge is 0.370 e. The van der Waals surface area contributed by atoms with Gasteiger partial charge in [-0.1, -0.05) is 37.6 Å². The van der Waals surface area contributed by atoms with Crippen molar-refractivity contribution >= 4 is 0 Å². The second-order valence-electron chi connectivity index (χ2n) is 2.46. The lowest BCUT2D eigenvalue weighted by molar-refractivity contribution is 0.114. The van der Waals surface area contributed by atoms with Crippen molar-refractivity contribution in [2.45, 2.75) is 25.9 Å². The van der Waals surface area contributed by atoms with Crippen molar-refractivity contribution in [2.24, 2.45) is 0 Å². The van der Waals surface area contributed by atoms with Crippen molar-refractivity contribution in [3.63, 3.8) is 0 Å². The average molecular weight is 138 g/mol. The van der Waals surface area contributed by atoms with Crippen LogP contribution in [0.15, 0.2) is 24.3 Å². The molecule has 0 aromatic heterocycles. The molecular weight excluding hydrogens is 124 g/mol. The molecule has 1 rings (SSSR count). The van der Waals surface area contributed by atoms with Gasteiger partial charge >= 0.3 is 0 Å². The molecule has 0 spiro atoms. The highest BCUT2D eigenvalue weighted by molar-refractivity contribution is 5.18. The lowest BCUT2D eigenvalue weighted by Gasteiger charge is -2.05. The number of allylic oxidation sites excluding steroid dienone is 2. The van der Waals surface area contributed by atoms with Crippen LogP contribution in [0.2, 0.25) is 0 Å². The predicted octanol–water partition coefficient (Wildman–Crippen LogP) is 2.30. The van der Waals surface area contributed by atoms with E-state index in [1.807, 2.05) is 12.2 Å². The average Bonchev–Trinajstić information content (AvgIpc) is 2.41. The van der Waals surface area contributed by atoms with Crippen LogP contribution in [0.4, 0.5) is 0 Å². The van der Waals surface area contributed by atoms with Gasteiger partial charge in [-0.05, 0) is 6.42 Å². The molecule has 1 heteroatoms. The van der Waals surface area contributed by atoms with Crippen molar-refractivity contribution in [1.29, 1.82) is 0 Å². The van der Waals surface area contributed by atoms with Crippen molar-refractivity contribution in [3.05, 3.63) is 24.3 Å². The summed E-state index contributed by atoms with van der Waals surface area (Å²) in [5.41, 5.74) is 0. The van der Waals surface area contributed by atoms with Gasteiger partial charge < -0.3 is 4.74 Å². The second-order valence-corrected chi connectivity index (χ2v) is 2.46. The van der Waals surface area contributed by atoms with Crippen LogP contribution in [0.5, 0.6) is 0 Å². The zero-order valence-electron chi connectivity index (χ0n) is 6.42. The highest BCUT2D eigenvalue weighted by Crippen LogP contribution is 2.04. The quantitative estimate of drug-likeness (QED) is 0.541. The van der Waals surface area contributed by atoms with Crippen LogP contribution in [0, 0.1) is 0 Å². The van der Waals surface area contributed by atoms with Gasteiger partial charge in [0.15, 0.2) is 0 Å². The monoisotopic (exact) mass is 138 g/mol. The van der Waals surface area contributed by atoms with Gasteiger partial charge in [0.1, 0.15) is 0 Å². The van der Waals surface area contributed by atoms with Crippen LogP contribution in [0.3, 0.4) is 0 Å². The van der Waals surface area contributed by atoms with E-state index < -0.39 is 0 Å². The van der Waals surface area contributed by atoms with Crippen molar-refractivity contribution in [1.82, 2.24) is 0 Å². The fourth-order valence-corrected chi connectivity index (χ4v) is 0.886. The summed E-state index contributed by atoms with van der Waals surface area (Å²) in [6.45, 7) is 3.06. The Bertz CT molecular complexity index is 124. The van der Waals surface area contributed by atoms with Gasteiger partial charge in [-0.3, -0.25) is 0 Å². The molecule has 1 nitrogen and oxygen atoms in total. The summed E-state index contributed by atoms with van der Waals surface area (Å²) < 4.78 is 5.47. The molecule has 0 aromatic rings. The molecule has 0 N–H and O–H groups in total. The van der Waals surface area contributed by atoms with Crippen LogP contribution < -0.4 is 0 Å². The number of hydrogen-bond acceptors (Lipinski definition) is 1. The Hall–Kier alpha value is -0.560. The zero-order valence-corrected chi connectivity index (χ0v) is 6.42. The van der Waals surface area contributed by atoms with E-state index in [0.29, 0.717) is 0 Å². The van der Waals surface area contributed by atoms with E-state index >= 15 is 0 Å². The van der Waals surface area contributed by atoms with Crippen LogP contribution in [-0.4, -0.2) is 12.7 Å².